The van der Waals surface area contributed by atoms with Crippen molar-refractivity contribution in [3.63, 3.8) is 0 Å². The van der Waals surface area contributed by atoms with Gasteiger partial charge in [-0.1, -0.05) is 18.2 Å². The highest BCUT2D eigenvalue weighted by Gasteiger charge is 2.31. The molecular formula is C21H25N5OS. The van der Waals surface area contributed by atoms with Crippen LogP contribution < -0.4 is 5.32 Å². The molecule has 28 heavy (non-hydrogen) atoms. The smallest absolute Gasteiger partial charge is 0.322 e. The maximum atomic E-state index is 13.2. The second kappa shape index (κ2) is 8.14. The van der Waals surface area contributed by atoms with Crippen LogP contribution in [0.2, 0.25) is 0 Å². The van der Waals surface area contributed by atoms with Crippen molar-refractivity contribution in [2.75, 3.05) is 11.9 Å². The number of thiazole rings is 1. The molecule has 146 valence electrons. The molecule has 0 saturated carbocycles. The van der Waals surface area contributed by atoms with Gasteiger partial charge in [-0.25, -0.2) is 14.8 Å². The molecule has 0 bridgehead atoms. The molecular weight excluding hydrogens is 370 g/mol. The number of urea groups is 1. The normalized spacial score (nSPS) is 16.9. The molecule has 1 N–H and O–H groups in total. The average Bonchev–Trinajstić information content (AvgIpc) is 3.37. The van der Waals surface area contributed by atoms with E-state index in [-0.39, 0.29) is 12.1 Å². The predicted molar refractivity (Wildman–Crippen MR) is 113 cm³/mol. The van der Waals surface area contributed by atoms with Gasteiger partial charge in [0.15, 0.2) is 0 Å². The SMILES string of the molecule is CCn1ccnc1C1CCCCN1C(=O)Nc1ccccc1-c1csc(C)n1. The number of carbonyl (C=O) groups is 1. The van der Waals surface area contributed by atoms with Crippen LogP contribution in [-0.2, 0) is 6.54 Å². The van der Waals surface area contributed by atoms with Crippen molar-refractivity contribution in [2.45, 2.75) is 45.7 Å². The van der Waals surface area contributed by atoms with Crippen molar-refractivity contribution >= 4 is 23.1 Å². The monoisotopic (exact) mass is 395 g/mol. The van der Waals surface area contributed by atoms with Gasteiger partial charge >= 0.3 is 6.03 Å². The van der Waals surface area contributed by atoms with Crippen LogP contribution in [0.3, 0.4) is 0 Å². The third-order valence-electron chi connectivity index (χ3n) is 5.21. The lowest BCUT2D eigenvalue weighted by atomic mass is 10.0. The highest BCUT2D eigenvalue weighted by atomic mass is 32.1. The molecule has 0 radical (unpaired) electrons. The Morgan fingerprint density at radius 2 is 2.18 bits per heavy atom. The zero-order valence-electron chi connectivity index (χ0n) is 16.3. The molecule has 0 aliphatic carbocycles. The summed E-state index contributed by atoms with van der Waals surface area (Å²) in [4.78, 5) is 24.3. The predicted octanol–water partition coefficient (Wildman–Crippen LogP) is 5.09. The first-order valence-electron chi connectivity index (χ1n) is 9.77. The Bertz CT molecular complexity index is 963. The van der Waals surface area contributed by atoms with E-state index >= 15 is 0 Å². The summed E-state index contributed by atoms with van der Waals surface area (Å²) in [6.45, 7) is 5.69. The Balaban J connectivity index is 1.59. The van der Waals surface area contributed by atoms with Gasteiger partial charge in [0.1, 0.15) is 5.82 Å². The van der Waals surface area contributed by atoms with Crippen LogP contribution in [0.25, 0.3) is 11.3 Å². The molecule has 1 aliphatic heterocycles. The Morgan fingerprint density at radius 1 is 1.32 bits per heavy atom. The van der Waals surface area contributed by atoms with E-state index in [1.54, 1.807) is 11.3 Å². The minimum Gasteiger partial charge on any atom is -0.333 e. The summed E-state index contributed by atoms with van der Waals surface area (Å²) in [5.74, 6) is 0.973. The fourth-order valence-electron chi connectivity index (χ4n) is 3.82. The molecule has 3 heterocycles. The van der Waals surface area contributed by atoms with Crippen LogP contribution in [-0.4, -0.2) is 32.0 Å². The highest BCUT2D eigenvalue weighted by Crippen LogP contribution is 2.33. The largest absolute Gasteiger partial charge is 0.333 e. The number of nitrogens with zero attached hydrogens (tertiary/aromatic N) is 4. The Hall–Kier alpha value is -2.67. The lowest BCUT2D eigenvalue weighted by Gasteiger charge is -2.35. The van der Waals surface area contributed by atoms with Crippen molar-refractivity contribution in [3.05, 3.63) is 52.9 Å². The Morgan fingerprint density at radius 3 is 2.96 bits per heavy atom. The van der Waals surface area contributed by atoms with E-state index in [0.717, 1.165) is 60.1 Å². The first-order valence-corrected chi connectivity index (χ1v) is 10.7. The molecule has 2 aromatic heterocycles. The summed E-state index contributed by atoms with van der Waals surface area (Å²) < 4.78 is 2.13. The van der Waals surface area contributed by atoms with E-state index in [1.165, 1.54) is 0 Å². The van der Waals surface area contributed by atoms with E-state index < -0.39 is 0 Å². The number of anilines is 1. The van der Waals surface area contributed by atoms with Gasteiger partial charge in [0.05, 0.1) is 22.4 Å². The summed E-state index contributed by atoms with van der Waals surface area (Å²) in [5.41, 5.74) is 2.64. The molecule has 0 spiro atoms. The minimum atomic E-state index is -0.0743. The van der Waals surface area contributed by atoms with E-state index in [1.807, 2.05) is 53.9 Å². The highest BCUT2D eigenvalue weighted by molar-refractivity contribution is 7.09. The van der Waals surface area contributed by atoms with Gasteiger partial charge in [-0.05, 0) is 39.2 Å². The molecule has 7 heteroatoms. The van der Waals surface area contributed by atoms with Crippen LogP contribution in [0.5, 0.6) is 0 Å². The summed E-state index contributed by atoms with van der Waals surface area (Å²) in [6.07, 6.45) is 6.88. The molecule has 1 aliphatic rings. The number of para-hydroxylation sites is 1. The summed E-state index contributed by atoms with van der Waals surface area (Å²) in [7, 11) is 0. The van der Waals surface area contributed by atoms with E-state index in [4.69, 9.17) is 0 Å². The van der Waals surface area contributed by atoms with Gasteiger partial charge < -0.3 is 14.8 Å². The molecule has 1 atom stereocenters. The summed E-state index contributed by atoms with van der Waals surface area (Å²) in [5, 5.41) is 6.17. The summed E-state index contributed by atoms with van der Waals surface area (Å²) >= 11 is 1.61. The average molecular weight is 396 g/mol. The third-order valence-corrected chi connectivity index (χ3v) is 5.99. The van der Waals surface area contributed by atoms with Crippen LogP contribution in [0.15, 0.2) is 42.0 Å². The number of amides is 2. The number of nitrogens with one attached hydrogen (secondary N) is 1. The Kier molecular flexibility index (Phi) is 5.43. The van der Waals surface area contributed by atoms with E-state index in [2.05, 4.69) is 26.8 Å². The molecule has 1 unspecified atom stereocenters. The van der Waals surface area contributed by atoms with Gasteiger partial charge in [-0.2, -0.15) is 0 Å². The molecule has 4 rings (SSSR count). The van der Waals surface area contributed by atoms with Crippen molar-refractivity contribution in [2.24, 2.45) is 0 Å². The summed E-state index contributed by atoms with van der Waals surface area (Å²) in [6, 6.07) is 7.79. The fourth-order valence-corrected chi connectivity index (χ4v) is 4.43. The van der Waals surface area contributed by atoms with E-state index in [0.29, 0.717) is 0 Å². The van der Waals surface area contributed by atoms with Crippen molar-refractivity contribution in [3.8, 4) is 11.3 Å². The molecule has 3 aromatic rings. The fraction of sp³-hybridized carbons (Fsp3) is 0.381. The maximum absolute atomic E-state index is 13.2. The maximum Gasteiger partial charge on any atom is 0.322 e. The zero-order chi connectivity index (χ0) is 19.5. The van der Waals surface area contributed by atoms with Gasteiger partial charge in [0.2, 0.25) is 0 Å². The lowest BCUT2D eigenvalue weighted by Crippen LogP contribution is -2.42. The molecule has 1 fully saturated rings. The Labute approximate surface area is 169 Å². The number of hydrogen-bond donors (Lipinski definition) is 1. The number of aromatic nitrogens is 3. The second-order valence-electron chi connectivity index (χ2n) is 7.00. The number of rotatable bonds is 4. The van der Waals surface area contributed by atoms with Gasteiger partial charge in [0.25, 0.3) is 0 Å². The van der Waals surface area contributed by atoms with Gasteiger partial charge in [-0.15, -0.1) is 11.3 Å². The molecule has 1 aromatic carbocycles. The number of imidazole rings is 1. The number of carbonyl (C=O) groups excluding carboxylic acids is 1. The minimum absolute atomic E-state index is 0.0115. The number of likely N-dealkylation sites (tertiary alicyclic amines) is 1. The lowest BCUT2D eigenvalue weighted by molar-refractivity contribution is 0.157. The van der Waals surface area contributed by atoms with Crippen LogP contribution >= 0.6 is 11.3 Å². The first-order chi connectivity index (χ1) is 13.7. The third kappa shape index (κ3) is 3.67. The zero-order valence-corrected chi connectivity index (χ0v) is 17.1. The van der Waals surface area contributed by atoms with Gasteiger partial charge in [-0.3, -0.25) is 0 Å². The van der Waals surface area contributed by atoms with Crippen molar-refractivity contribution < 1.29 is 4.79 Å². The number of hydrogen-bond acceptors (Lipinski definition) is 4. The number of aryl methyl sites for hydroxylation is 2. The topological polar surface area (TPSA) is 63.1 Å². The first kappa shape index (κ1) is 18.7. The van der Waals surface area contributed by atoms with E-state index in [9.17, 15) is 4.79 Å². The van der Waals surface area contributed by atoms with Crippen LogP contribution in [0, 0.1) is 6.92 Å². The quantitative estimate of drug-likeness (QED) is 0.669. The molecule has 1 saturated heterocycles. The number of piperidine rings is 1. The number of benzene rings is 1. The molecule has 6 nitrogen and oxygen atoms in total. The molecule has 2 amide bonds. The van der Waals surface area contributed by atoms with Crippen LogP contribution in [0.1, 0.15) is 43.1 Å². The van der Waals surface area contributed by atoms with Crippen molar-refractivity contribution in [1.29, 1.82) is 0 Å². The van der Waals surface area contributed by atoms with Crippen molar-refractivity contribution in [1.82, 2.24) is 19.4 Å². The standard InChI is InChI=1S/C21H25N5OS/c1-3-25-13-11-22-20(25)19-10-6-7-12-26(19)21(27)24-17-9-5-4-8-16(17)18-14-28-15(2)23-18/h4-5,8-9,11,13-14,19H,3,6-7,10,12H2,1-2H3,(H,24,27). The second-order valence-corrected chi connectivity index (χ2v) is 8.07. The van der Waals surface area contributed by atoms with Gasteiger partial charge in [0, 0.05) is 36.4 Å². The van der Waals surface area contributed by atoms with Crippen LogP contribution in [0.4, 0.5) is 10.5 Å².